The molecule has 2 atom stereocenters. The molecule has 2 unspecified atom stereocenters. The number of rotatable bonds is 4. The van der Waals surface area contributed by atoms with E-state index >= 15 is 0 Å². The monoisotopic (exact) mass is 276 g/mol. The predicted octanol–water partition coefficient (Wildman–Crippen LogP) is 2.01. The number of benzene rings is 1. The van der Waals surface area contributed by atoms with Crippen molar-refractivity contribution in [3.63, 3.8) is 0 Å². The molecule has 0 bridgehead atoms. The molecule has 0 radical (unpaired) electrons. The summed E-state index contributed by atoms with van der Waals surface area (Å²) in [5.74, 6) is 0.821. The van der Waals surface area contributed by atoms with Gasteiger partial charge in [0.15, 0.2) is 0 Å². The molecule has 1 aliphatic carbocycles. The maximum absolute atomic E-state index is 12.1. The minimum absolute atomic E-state index is 0.0422. The molecule has 1 saturated carbocycles. The van der Waals surface area contributed by atoms with Crippen LogP contribution in [0.2, 0.25) is 0 Å². The van der Waals surface area contributed by atoms with Crippen molar-refractivity contribution in [3.05, 3.63) is 29.8 Å². The highest BCUT2D eigenvalue weighted by atomic mass is 16.5. The molecule has 1 aromatic carbocycles. The number of hydrogen-bond donors (Lipinski definition) is 2. The van der Waals surface area contributed by atoms with E-state index < -0.39 is 0 Å². The van der Waals surface area contributed by atoms with E-state index in [-0.39, 0.29) is 18.0 Å². The van der Waals surface area contributed by atoms with Crippen LogP contribution in [0.4, 0.5) is 0 Å². The molecule has 1 fully saturated rings. The molecule has 1 aliphatic rings. The summed E-state index contributed by atoms with van der Waals surface area (Å²) >= 11 is 0. The summed E-state index contributed by atoms with van der Waals surface area (Å²) in [6, 6.07) is 7.82. The number of carbonyl (C=O) groups is 1. The lowest BCUT2D eigenvalue weighted by molar-refractivity contribution is -0.121. The first-order chi connectivity index (χ1) is 9.69. The summed E-state index contributed by atoms with van der Waals surface area (Å²) in [5, 5.41) is 3.09. The zero-order chi connectivity index (χ0) is 14.4. The zero-order valence-electron chi connectivity index (χ0n) is 12.1. The Balaban J connectivity index is 1.90. The van der Waals surface area contributed by atoms with Gasteiger partial charge in [0.25, 0.3) is 0 Å². The fourth-order valence-electron chi connectivity index (χ4n) is 2.74. The molecule has 1 aromatic rings. The molecule has 20 heavy (non-hydrogen) atoms. The molecule has 3 N–H and O–H groups in total. The number of carbonyl (C=O) groups excluding carboxylic acids is 1. The van der Waals surface area contributed by atoms with Crippen LogP contribution in [0.15, 0.2) is 24.3 Å². The number of hydrogen-bond acceptors (Lipinski definition) is 3. The highest BCUT2D eigenvalue weighted by Gasteiger charge is 2.21. The van der Waals surface area contributed by atoms with Crippen LogP contribution in [0, 0.1) is 0 Å². The predicted molar refractivity (Wildman–Crippen MR) is 79.7 cm³/mol. The third-order valence-corrected chi connectivity index (χ3v) is 3.91. The standard InChI is InChI=1S/C16H24N2O2/c1-20-13-7-5-6-12(10-13)11-16(19)18-15-9-4-2-3-8-14(15)17/h5-7,10,14-15H,2-4,8-9,11,17H2,1H3,(H,18,19). The Hall–Kier alpha value is -1.55. The second-order valence-corrected chi connectivity index (χ2v) is 5.50. The molecular formula is C16H24N2O2. The van der Waals surface area contributed by atoms with Gasteiger partial charge in [-0.1, -0.05) is 31.4 Å². The van der Waals surface area contributed by atoms with E-state index in [0.29, 0.717) is 6.42 Å². The second-order valence-electron chi connectivity index (χ2n) is 5.50. The number of nitrogens with two attached hydrogens (primary N) is 1. The second kappa shape index (κ2) is 7.29. The Kier molecular flexibility index (Phi) is 5.41. The first-order valence-electron chi connectivity index (χ1n) is 7.37. The van der Waals surface area contributed by atoms with Gasteiger partial charge >= 0.3 is 0 Å². The van der Waals surface area contributed by atoms with Gasteiger partial charge in [0.1, 0.15) is 5.75 Å². The number of ether oxygens (including phenoxy) is 1. The average Bonchev–Trinajstić information content (AvgIpc) is 2.64. The highest BCUT2D eigenvalue weighted by Crippen LogP contribution is 2.17. The summed E-state index contributed by atoms with van der Waals surface area (Å²) in [7, 11) is 1.63. The van der Waals surface area contributed by atoms with Crippen molar-refractivity contribution in [2.75, 3.05) is 7.11 Å². The van der Waals surface area contributed by atoms with Gasteiger partial charge in [-0.05, 0) is 30.5 Å². The third kappa shape index (κ3) is 4.23. The lowest BCUT2D eigenvalue weighted by Gasteiger charge is -2.22. The van der Waals surface area contributed by atoms with Crippen molar-refractivity contribution in [3.8, 4) is 5.75 Å². The zero-order valence-corrected chi connectivity index (χ0v) is 12.1. The maximum Gasteiger partial charge on any atom is 0.224 e. The van der Waals surface area contributed by atoms with Crippen LogP contribution in [0.25, 0.3) is 0 Å². The van der Waals surface area contributed by atoms with Gasteiger partial charge in [-0.15, -0.1) is 0 Å². The van der Waals surface area contributed by atoms with Crippen LogP contribution >= 0.6 is 0 Å². The first-order valence-corrected chi connectivity index (χ1v) is 7.37. The Morgan fingerprint density at radius 2 is 2.15 bits per heavy atom. The Morgan fingerprint density at radius 3 is 2.95 bits per heavy atom. The van der Waals surface area contributed by atoms with E-state index in [1.54, 1.807) is 7.11 Å². The Morgan fingerprint density at radius 1 is 1.35 bits per heavy atom. The molecule has 110 valence electrons. The summed E-state index contributed by atoms with van der Waals surface area (Å²) in [4.78, 5) is 12.1. The smallest absolute Gasteiger partial charge is 0.224 e. The van der Waals surface area contributed by atoms with Gasteiger partial charge in [0.2, 0.25) is 5.91 Å². The molecule has 2 rings (SSSR count). The lowest BCUT2D eigenvalue weighted by atomic mass is 10.0. The van der Waals surface area contributed by atoms with E-state index in [4.69, 9.17) is 10.5 Å². The van der Waals surface area contributed by atoms with Crippen molar-refractivity contribution in [1.82, 2.24) is 5.32 Å². The molecular weight excluding hydrogens is 252 g/mol. The van der Waals surface area contributed by atoms with Crippen molar-refractivity contribution in [1.29, 1.82) is 0 Å². The summed E-state index contributed by atoms with van der Waals surface area (Å²) in [6.45, 7) is 0. The maximum atomic E-state index is 12.1. The van der Waals surface area contributed by atoms with Gasteiger partial charge in [0, 0.05) is 12.1 Å². The quantitative estimate of drug-likeness (QED) is 0.827. The summed E-state index contributed by atoms with van der Waals surface area (Å²) < 4.78 is 5.17. The van der Waals surface area contributed by atoms with Gasteiger partial charge in [0.05, 0.1) is 13.5 Å². The molecule has 4 nitrogen and oxygen atoms in total. The van der Waals surface area contributed by atoms with Crippen LogP contribution in [0.1, 0.15) is 37.7 Å². The van der Waals surface area contributed by atoms with Crippen molar-refractivity contribution in [2.24, 2.45) is 5.73 Å². The van der Waals surface area contributed by atoms with Gasteiger partial charge < -0.3 is 15.8 Å². The van der Waals surface area contributed by atoms with E-state index in [0.717, 1.165) is 30.6 Å². The van der Waals surface area contributed by atoms with Crippen LogP contribution in [-0.2, 0) is 11.2 Å². The minimum Gasteiger partial charge on any atom is -0.497 e. The van der Waals surface area contributed by atoms with Crippen LogP contribution in [0.3, 0.4) is 0 Å². The fraction of sp³-hybridized carbons (Fsp3) is 0.562. The van der Waals surface area contributed by atoms with E-state index in [9.17, 15) is 4.79 Å². The number of nitrogens with one attached hydrogen (secondary N) is 1. The molecule has 0 aromatic heterocycles. The van der Waals surface area contributed by atoms with Crippen molar-refractivity contribution < 1.29 is 9.53 Å². The van der Waals surface area contributed by atoms with E-state index in [2.05, 4.69) is 5.32 Å². The third-order valence-electron chi connectivity index (χ3n) is 3.91. The lowest BCUT2D eigenvalue weighted by Crippen LogP contribution is -2.47. The van der Waals surface area contributed by atoms with Gasteiger partial charge in [-0.25, -0.2) is 0 Å². The largest absolute Gasteiger partial charge is 0.497 e. The molecule has 0 spiro atoms. The van der Waals surface area contributed by atoms with Crippen LogP contribution < -0.4 is 15.8 Å². The Labute approximate surface area is 120 Å². The summed E-state index contributed by atoms with van der Waals surface area (Å²) in [6.07, 6.45) is 5.91. The highest BCUT2D eigenvalue weighted by molar-refractivity contribution is 5.79. The average molecular weight is 276 g/mol. The molecule has 0 saturated heterocycles. The van der Waals surface area contributed by atoms with Crippen LogP contribution in [0.5, 0.6) is 5.75 Å². The van der Waals surface area contributed by atoms with Crippen molar-refractivity contribution in [2.45, 2.75) is 50.6 Å². The van der Waals surface area contributed by atoms with E-state index in [1.165, 1.54) is 12.8 Å². The molecule has 1 amide bonds. The topological polar surface area (TPSA) is 64.3 Å². The fourth-order valence-corrected chi connectivity index (χ4v) is 2.74. The molecule has 0 heterocycles. The van der Waals surface area contributed by atoms with Crippen LogP contribution in [-0.4, -0.2) is 25.1 Å². The first kappa shape index (κ1) is 14.9. The number of amides is 1. The van der Waals surface area contributed by atoms with Crippen molar-refractivity contribution >= 4 is 5.91 Å². The number of methoxy groups -OCH3 is 1. The molecule has 0 aliphatic heterocycles. The SMILES string of the molecule is COc1cccc(CC(=O)NC2CCCCCC2N)c1. The van der Waals surface area contributed by atoms with E-state index in [1.807, 2.05) is 24.3 Å². The summed E-state index contributed by atoms with van der Waals surface area (Å²) in [5.41, 5.74) is 7.09. The van der Waals surface area contributed by atoms with Gasteiger partial charge in [-0.2, -0.15) is 0 Å². The van der Waals surface area contributed by atoms with Gasteiger partial charge in [-0.3, -0.25) is 4.79 Å². The normalized spacial score (nSPS) is 22.9. The minimum atomic E-state index is 0.0422. The molecule has 4 heteroatoms. The Bertz CT molecular complexity index is 448.